The van der Waals surface area contributed by atoms with Gasteiger partial charge in [-0.2, -0.15) is 0 Å². The van der Waals surface area contributed by atoms with Crippen LogP contribution in [-0.4, -0.2) is 37.6 Å². The molecule has 0 aliphatic rings. The predicted molar refractivity (Wildman–Crippen MR) is 69.9 cm³/mol. The molecule has 0 unspecified atom stereocenters. The van der Waals surface area contributed by atoms with Crippen LogP contribution >= 0.6 is 0 Å². The Kier molecular flexibility index (Phi) is 4.97. The van der Waals surface area contributed by atoms with Gasteiger partial charge in [-0.1, -0.05) is 0 Å². The van der Waals surface area contributed by atoms with Gasteiger partial charge in [0, 0.05) is 24.8 Å². The molecule has 0 aromatic heterocycles. The fraction of sp³-hybridized carbons (Fsp3) is 0.462. The van der Waals surface area contributed by atoms with Crippen molar-refractivity contribution >= 4 is 11.5 Å². The zero-order valence-corrected chi connectivity index (χ0v) is 10.7. The van der Waals surface area contributed by atoms with E-state index in [1.807, 2.05) is 6.07 Å². The number of ketones is 1. The zero-order valence-electron chi connectivity index (χ0n) is 10.7. The molecule has 4 nitrogen and oxygen atoms in total. The number of phenolic OH excluding ortho intramolecular Hbond substituents is 1. The molecule has 1 aromatic rings. The average Bonchev–Trinajstić information content (AvgIpc) is 2.31. The van der Waals surface area contributed by atoms with Crippen LogP contribution in [0.5, 0.6) is 5.75 Å². The summed E-state index contributed by atoms with van der Waals surface area (Å²) in [4.78, 5) is 13.8. The summed E-state index contributed by atoms with van der Waals surface area (Å²) < 4.78 is 0. The van der Waals surface area contributed by atoms with Gasteiger partial charge in [0.1, 0.15) is 5.75 Å². The van der Waals surface area contributed by atoms with E-state index < -0.39 is 0 Å². The van der Waals surface area contributed by atoms with Gasteiger partial charge in [0.2, 0.25) is 0 Å². The van der Waals surface area contributed by atoms with E-state index in [1.165, 1.54) is 0 Å². The number of Topliss-reactive ketones (excluding diaryl/α,β-unsaturated/α-hetero) is 1. The number of carbonyl (C=O) groups excluding carboxylic acids is 1. The molecule has 0 heterocycles. The van der Waals surface area contributed by atoms with Gasteiger partial charge in [-0.3, -0.25) is 4.79 Å². The highest BCUT2D eigenvalue weighted by atomic mass is 16.3. The van der Waals surface area contributed by atoms with Gasteiger partial charge in [0.05, 0.1) is 12.1 Å². The second-order valence-corrected chi connectivity index (χ2v) is 3.83. The molecule has 0 spiro atoms. The van der Waals surface area contributed by atoms with Gasteiger partial charge >= 0.3 is 0 Å². The van der Waals surface area contributed by atoms with Gasteiger partial charge in [0.25, 0.3) is 0 Å². The van der Waals surface area contributed by atoms with E-state index >= 15 is 0 Å². The Morgan fingerprint density at radius 3 is 2.47 bits per heavy atom. The lowest BCUT2D eigenvalue weighted by molar-refractivity contribution is 0.0991. The van der Waals surface area contributed by atoms with Gasteiger partial charge in [-0.15, -0.1) is 0 Å². The summed E-state index contributed by atoms with van der Waals surface area (Å²) in [5.41, 5.74) is 1.31. The van der Waals surface area contributed by atoms with Crippen molar-refractivity contribution in [1.82, 2.24) is 5.32 Å². The van der Waals surface area contributed by atoms with Crippen LogP contribution in [0.2, 0.25) is 0 Å². The third kappa shape index (κ3) is 3.20. The number of likely N-dealkylation sites (N-methyl/N-ethyl adjacent to an activating group) is 1. The number of carbonyl (C=O) groups is 1. The summed E-state index contributed by atoms with van der Waals surface area (Å²) in [5, 5.41) is 12.6. The number of phenols is 1. The van der Waals surface area contributed by atoms with Crippen molar-refractivity contribution in [3.05, 3.63) is 23.8 Å². The van der Waals surface area contributed by atoms with Crippen LogP contribution in [0, 0.1) is 0 Å². The molecule has 4 heteroatoms. The van der Waals surface area contributed by atoms with E-state index in [0.717, 1.165) is 18.8 Å². The van der Waals surface area contributed by atoms with Gasteiger partial charge < -0.3 is 15.3 Å². The molecule has 0 aliphatic carbocycles. The normalized spacial score (nSPS) is 10.3. The first kappa shape index (κ1) is 13.5. The molecule has 0 bridgehead atoms. The van der Waals surface area contributed by atoms with E-state index in [0.29, 0.717) is 5.56 Å². The van der Waals surface area contributed by atoms with Crippen molar-refractivity contribution in [2.75, 3.05) is 31.6 Å². The Morgan fingerprint density at radius 1 is 1.35 bits per heavy atom. The van der Waals surface area contributed by atoms with Crippen molar-refractivity contribution in [3.8, 4) is 5.75 Å². The molecule has 1 aromatic carbocycles. The number of anilines is 1. The first-order valence-electron chi connectivity index (χ1n) is 5.89. The Bertz CT molecular complexity index is 387. The van der Waals surface area contributed by atoms with E-state index in [1.54, 1.807) is 19.2 Å². The zero-order chi connectivity index (χ0) is 12.8. The van der Waals surface area contributed by atoms with Crippen LogP contribution in [0.4, 0.5) is 5.69 Å². The van der Waals surface area contributed by atoms with Crippen LogP contribution in [0.15, 0.2) is 18.2 Å². The molecule has 0 radical (unpaired) electrons. The summed E-state index contributed by atoms with van der Waals surface area (Å²) >= 11 is 0. The highest BCUT2D eigenvalue weighted by molar-refractivity contribution is 6.00. The highest BCUT2D eigenvalue weighted by Crippen LogP contribution is 2.24. The van der Waals surface area contributed by atoms with Crippen molar-refractivity contribution in [2.45, 2.75) is 13.8 Å². The third-order valence-corrected chi connectivity index (χ3v) is 2.75. The van der Waals surface area contributed by atoms with E-state index in [2.05, 4.69) is 24.1 Å². The monoisotopic (exact) mass is 236 g/mol. The third-order valence-electron chi connectivity index (χ3n) is 2.75. The number of benzene rings is 1. The average molecular weight is 236 g/mol. The van der Waals surface area contributed by atoms with Crippen molar-refractivity contribution in [3.63, 3.8) is 0 Å². The first-order valence-corrected chi connectivity index (χ1v) is 5.89. The maximum absolute atomic E-state index is 11.6. The second kappa shape index (κ2) is 6.25. The molecule has 0 amide bonds. The fourth-order valence-corrected chi connectivity index (χ4v) is 1.80. The highest BCUT2D eigenvalue weighted by Gasteiger charge is 2.12. The minimum absolute atomic E-state index is 0.0506. The first-order chi connectivity index (χ1) is 8.13. The van der Waals surface area contributed by atoms with Gasteiger partial charge in [0.15, 0.2) is 5.78 Å². The van der Waals surface area contributed by atoms with Gasteiger partial charge in [-0.25, -0.2) is 0 Å². The fourth-order valence-electron chi connectivity index (χ4n) is 1.80. The largest absolute Gasteiger partial charge is 0.507 e. The predicted octanol–water partition coefficient (Wildman–Crippen LogP) is 1.64. The van der Waals surface area contributed by atoms with Crippen LogP contribution in [0.1, 0.15) is 24.2 Å². The standard InChI is InChI=1S/C13H20N2O2/c1-4-15(5-2)10-6-7-11(12(16)8-10)13(17)9-14-3/h6-8,14,16H,4-5,9H2,1-3H3. The quantitative estimate of drug-likeness (QED) is 0.737. The van der Waals surface area contributed by atoms with Crippen LogP contribution in [0.3, 0.4) is 0 Å². The number of aromatic hydroxyl groups is 1. The smallest absolute Gasteiger partial charge is 0.180 e. The van der Waals surface area contributed by atoms with Crippen molar-refractivity contribution in [1.29, 1.82) is 0 Å². The van der Waals surface area contributed by atoms with Crippen LogP contribution < -0.4 is 10.2 Å². The second-order valence-electron chi connectivity index (χ2n) is 3.83. The Labute approximate surface area is 102 Å². The van der Waals surface area contributed by atoms with E-state index in [-0.39, 0.29) is 18.1 Å². The molecular weight excluding hydrogens is 216 g/mol. The molecule has 94 valence electrons. The van der Waals surface area contributed by atoms with Crippen molar-refractivity contribution in [2.24, 2.45) is 0 Å². The van der Waals surface area contributed by atoms with E-state index in [4.69, 9.17) is 0 Å². The molecule has 0 saturated carbocycles. The molecule has 17 heavy (non-hydrogen) atoms. The summed E-state index contributed by atoms with van der Waals surface area (Å²) in [7, 11) is 1.71. The number of hydrogen-bond donors (Lipinski definition) is 2. The van der Waals surface area contributed by atoms with Crippen LogP contribution in [-0.2, 0) is 0 Å². The Hall–Kier alpha value is -1.55. The molecule has 0 atom stereocenters. The molecule has 1 rings (SSSR count). The Balaban J connectivity index is 2.97. The maximum Gasteiger partial charge on any atom is 0.180 e. The maximum atomic E-state index is 11.6. The summed E-state index contributed by atoms with van der Waals surface area (Å²) in [6.45, 7) is 6.10. The topological polar surface area (TPSA) is 52.6 Å². The van der Waals surface area contributed by atoms with Gasteiger partial charge in [-0.05, 0) is 33.0 Å². The summed E-state index contributed by atoms with van der Waals surface area (Å²) in [6, 6.07) is 5.20. The summed E-state index contributed by atoms with van der Waals surface area (Å²) in [5.74, 6) is -0.0502. The summed E-state index contributed by atoms with van der Waals surface area (Å²) in [6.07, 6.45) is 0. The van der Waals surface area contributed by atoms with Crippen LogP contribution in [0.25, 0.3) is 0 Å². The number of hydrogen-bond acceptors (Lipinski definition) is 4. The minimum Gasteiger partial charge on any atom is -0.507 e. The molecule has 0 saturated heterocycles. The Morgan fingerprint density at radius 2 is 2.00 bits per heavy atom. The minimum atomic E-state index is -0.101. The lowest BCUT2D eigenvalue weighted by atomic mass is 10.1. The number of nitrogens with zero attached hydrogens (tertiary/aromatic N) is 1. The van der Waals surface area contributed by atoms with E-state index in [9.17, 15) is 9.90 Å². The molecular formula is C13H20N2O2. The number of nitrogens with one attached hydrogen (secondary N) is 1. The molecule has 0 aliphatic heterocycles. The molecule has 0 fully saturated rings. The number of rotatable bonds is 6. The molecule has 2 N–H and O–H groups in total. The SMILES string of the molecule is CCN(CC)c1ccc(C(=O)CNC)c(O)c1. The van der Waals surface area contributed by atoms with Crippen molar-refractivity contribution < 1.29 is 9.90 Å². The lowest BCUT2D eigenvalue weighted by Crippen LogP contribution is -2.22. The lowest BCUT2D eigenvalue weighted by Gasteiger charge is -2.21.